The van der Waals surface area contributed by atoms with E-state index in [4.69, 9.17) is 4.74 Å². The summed E-state index contributed by atoms with van der Waals surface area (Å²) < 4.78 is 5.70. The Hall–Kier alpha value is -1.09. The van der Waals surface area contributed by atoms with Crippen LogP contribution in [0.25, 0.3) is 0 Å². The molecule has 0 bridgehead atoms. The van der Waals surface area contributed by atoms with E-state index in [1.54, 1.807) is 6.20 Å². The van der Waals surface area contributed by atoms with Crippen LogP contribution in [0, 0.1) is 13.8 Å². The molecule has 1 atom stereocenters. The molecule has 0 aliphatic carbocycles. The standard InChI is InChI=1S/C12H18N2O/c1-9-6-12(7-14-10(9)2)15-8-11-4-3-5-13-11/h6-7,11,13H,3-5,8H2,1-2H3. The fourth-order valence-corrected chi connectivity index (χ4v) is 1.79. The fraction of sp³-hybridized carbons (Fsp3) is 0.583. The highest BCUT2D eigenvalue weighted by Crippen LogP contribution is 2.15. The summed E-state index contributed by atoms with van der Waals surface area (Å²) in [6.45, 7) is 5.95. The van der Waals surface area contributed by atoms with E-state index < -0.39 is 0 Å². The molecule has 15 heavy (non-hydrogen) atoms. The minimum atomic E-state index is 0.520. The summed E-state index contributed by atoms with van der Waals surface area (Å²) in [7, 11) is 0. The molecule has 2 rings (SSSR count). The minimum Gasteiger partial charge on any atom is -0.490 e. The molecule has 82 valence electrons. The Morgan fingerprint density at radius 1 is 1.53 bits per heavy atom. The summed E-state index contributed by atoms with van der Waals surface area (Å²) >= 11 is 0. The third-order valence-electron chi connectivity index (χ3n) is 2.93. The number of aryl methyl sites for hydroxylation is 2. The highest BCUT2D eigenvalue weighted by molar-refractivity contribution is 5.27. The van der Waals surface area contributed by atoms with Gasteiger partial charge in [-0.3, -0.25) is 4.98 Å². The number of nitrogens with zero attached hydrogens (tertiary/aromatic N) is 1. The molecular formula is C12H18N2O. The van der Waals surface area contributed by atoms with E-state index in [0.29, 0.717) is 6.04 Å². The fourth-order valence-electron chi connectivity index (χ4n) is 1.79. The second-order valence-electron chi connectivity index (χ2n) is 4.18. The first kappa shape index (κ1) is 10.4. The van der Waals surface area contributed by atoms with E-state index in [2.05, 4.69) is 23.3 Å². The second kappa shape index (κ2) is 4.62. The summed E-state index contributed by atoms with van der Waals surface area (Å²) in [6.07, 6.45) is 4.29. The number of hydrogen-bond acceptors (Lipinski definition) is 3. The van der Waals surface area contributed by atoms with Gasteiger partial charge in [-0.2, -0.15) is 0 Å². The predicted molar refractivity (Wildman–Crippen MR) is 60.2 cm³/mol. The molecule has 0 spiro atoms. The SMILES string of the molecule is Cc1cc(OCC2CCCN2)cnc1C. The lowest BCUT2D eigenvalue weighted by Gasteiger charge is -2.12. The Kier molecular flexibility index (Phi) is 3.21. The van der Waals surface area contributed by atoms with Gasteiger partial charge in [0.15, 0.2) is 0 Å². The van der Waals surface area contributed by atoms with E-state index in [9.17, 15) is 0 Å². The molecule has 3 nitrogen and oxygen atoms in total. The van der Waals surface area contributed by atoms with E-state index in [1.807, 2.05) is 6.92 Å². The quantitative estimate of drug-likeness (QED) is 0.819. The lowest BCUT2D eigenvalue weighted by molar-refractivity contribution is 0.276. The van der Waals surface area contributed by atoms with Crippen molar-refractivity contribution in [1.29, 1.82) is 0 Å². The maximum Gasteiger partial charge on any atom is 0.137 e. The molecule has 2 heterocycles. The van der Waals surface area contributed by atoms with Gasteiger partial charge in [-0.1, -0.05) is 0 Å². The molecule has 0 aromatic carbocycles. The van der Waals surface area contributed by atoms with Gasteiger partial charge < -0.3 is 10.1 Å². The Morgan fingerprint density at radius 3 is 3.07 bits per heavy atom. The van der Waals surface area contributed by atoms with Crippen LogP contribution in [-0.2, 0) is 0 Å². The number of nitrogens with one attached hydrogen (secondary N) is 1. The zero-order valence-electron chi connectivity index (χ0n) is 9.42. The molecule has 0 amide bonds. The molecule has 1 fully saturated rings. The largest absolute Gasteiger partial charge is 0.490 e. The van der Waals surface area contributed by atoms with Crippen molar-refractivity contribution in [3.63, 3.8) is 0 Å². The third-order valence-corrected chi connectivity index (χ3v) is 2.93. The van der Waals surface area contributed by atoms with Crippen molar-refractivity contribution in [1.82, 2.24) is 10.3 Å². The van der Waals surface area contributed by atoms with Crippen LogP contribution in [0.3, 0.4) is 0 Å². The van der Waals surface area contributed by atoms with Gasteiger partial charge in [0.1, 0.15) is 12.4 Å². The molecule has 0 saturated carbocycles. The normalized spacial score (nSPS) is 20.5. The highest BCUT2D eigenvalue weighted by atomic mass is 16.5. The van der Waals surface area contributed by atoms with E-state index >= 15 is 0 Å². The first-order valence-corrected chi connectivity index (χ1v) is 5.55. The van der Waals surface area contributed by atoms with Gasteiger partial charge in [-0.05, 0) is 44.9 Å². The van der Waals surface area contributed by atoms with Crippen molar-refractivity contribution < 1.29 is 4.74 Å². The Morgan fingerprint density at radius 2 is 2.40 bits per heavy atom. The average molecular weight is 206 g/mol. The minimum absolute atomic E-state index is 0.520. The lowest BCUT2D eigenvalue weighted by Crippen LogP contribution is -2.28. The zero-order valence-corrected chi connectivity index (χ0v) is 9.42. The molecule has 1 aliphatic heterocycles. The maximum absolute atomic E-state index is 5.70. The van der Waals surface area contributed by atoms with Gasteiger partial charge in [-0.25, -0.2) is 0 Å². The molecule has 1 N–H and O–H groups in total. The van der Waals surface area contributed by atoms with Crippen molar-refractivity contribution in [3.05, 3.63) is 23.5 Å². The van der Waals surface area contributed by atoms with Gasteiger partial charge in [0.05, 0.1) is 6.20 Å². The molecule has 0 radical (unpaired) electrons. The summed E-state index contributed by atoms with van der Waals surface area (Å²) in [5.41, 5.74) is 2.26. The van der Waals surface area contributed by atoms with Crippen LogP contribution in [0.15, 0.2) is 12.3 Å². The van der Waals surface area contributed by atoms with Crippen LogP contribution < -0.4 is 10.1 Å². The highest BCUT2D eigenvalue weighted by Gasteiger charge is 2.14. The van der Waals surface area contributed by atoms with Crippen LogP contribution in [0.1, 0.15) is 24.1 Å². The van der Waals surface area contributed by atoms with Crippen LogP contribution >= 0.6 is 0 Å². The molecule has 1 aromatic rings. The summed E-state index contributed by atoms with van der Waals surface area (Å²) in [5.74, 6) is 0.881. The van der Waals surface area contributed by atoms with Crippen LogP contribution in [0.2, 0.25) is 0 Å². The van der Waals surface area contributed by atoms with Gasteiger partial charge in [0.25, 0.3) is 0 Å². The Bertz CT molecular complexity index is 332. The van der Waals surface area contributed by atoms with Crippen LogP contribution in [0.4, 0.5) is 0 Å². The lowest BCUT2D eigenvalue weighted by atomic mass is 10.2. The Labute approximate surface area is 90.9 Å². The molecule has 1 unspecified atom stereocenters. The predicted octanol–water partition coefficient (Wildman–Crippen LogP) is 1.83. The van der Waals surface area contributed by atoms with Crippen LogP contribution in [-0.4, -0.2) is 24.2 Å². The van der Waals surface area contributed by atoms with Crippen molar-refractivity contribution in [2.75, 3.05) is 13.2 Å². The average Bonchev–Trinajstić information content (AvgIpc) is 2.73. The smallest absolute Gasteiger partial charge is 0.137 e. The molecular weight excluding hydrogens is 188 g/mol. The van der Waals surface area contributed by atoms with Gasteiger partial charge >= 0.3 is 0 Å². The molecule has 1 saturated heterocycles. The first-order chi connectivity index (χ1) is 7.25. The van der Waals surface area contributed by atoms with Gasteiger partial charge in [0, 0.05) is 11.7 Å². The number of pyridine rings is 1. The van der Waals surface area contributed by atoms with Crippen molar-refractivity contribution >= 4 is 0 Å². The van der Waals surface area contributed by atoms with E-state index in [1.165, 1.54) is 18.4 Å². The second-order valence-corrected chi connectivity index (χ2v) is 4.18. The summed E-state index contributed by atoms with van der Waals surface area (Å²) in [4.78, 5) is 4.28. The monoisotopic (exact) mass is 206 g/mol. The van der Waals surface area contributed by atoms with Crippen molar-refractivity contribution in [3.8, 4) is 5.75 Å². The maximum atomic E-state index is 5.70. The van der Waals surface area contributed by atoms with Crippen LogP contribution in [0.5, 0.6) is 5.75 Å². The van der Waals surface area contributed by atoms with Crippen molar-refractivity contribution in [2.45, 2.75) is 32.7 Å². The van der Waals surface area contributed by atoms with Gasteiger partial charge in [0.2, 0.25) is 0 Å². The number of aromatic nitrogens is 1. The summed E-state index contributed by atoms with van der Waals surface area (Å²) in [5, 5.41) is 3.41. The molecule has 1 aliphatic rings. The molecule has 1 aromatic heterocycles. The topological polar surface area (TPSA) is 34.1 Å². The van der Waals surface area contributed by atoms with E-state index in [0.717, 1.165) is 24.6 Å². The van der Waals surface area contributed by atoms with Gasteiger partial charge in [-0.15, -0.1) is 0 Å². The number of hydrogen-bond donors (Lipinski definition) is 1. The Balaban J connectivity index is 1.90. The molecule has 3 heteroatoms. The zero-order chi connectivity index (χ0) is 10.7. The first-order valence-electron chi connectivity index (χ1n) is 5.55. The van der Waals surface area contributed by atoms with E-state index in [-0.39, 0.29) is 0 Å². The number of rotatable bonds is 3. The summed E-state index contributed by atoms with van der Waals surface area (Å²) in [6, 6.07) is 2.57. The number of ether oxygens (including phenoxy) is 1. The third kappa shape index (κ3) is 2.69. The van der Waals surface area contributed by atoms with Crippen molar-refractivity contribution in [2.24, 2.45) is 0 Å².